The van der Waals surface area contributed by atoms with Crippen LogP contribution in [0.2, 0.25) is 0 Å². The Hall–Kier alpha value is -2.34. The van der Waals surface area contributed by atoms with Crippen LogP contribution in [0.5, 0.6) is 0 Å². The fourth-order valence-corrected chi connectivity index (χ4v) is 5.85. The van der Waals surface area contributed by atoms with Gasteiger partial charge in [0.15, 0.2) is 0 Å². The van der Waals surface area contributed by atoms with Gasteiger partial charge in [-0.15, -0.1) is 11.3 Å². The maximum atomic E-state index is 13.0. The minimum Gasteiger partial charge on any atom is -0.462 e. The number of nitrogens with one attached hydrogen (secondary N) is 1. The second kappa shape index (κ2) is 9.21. The first kappa shape index (κ1) is 20.9. The van der Waals surface area contributed by atoms with Gasteiger partial charge in [0.2, 0.25) is 5.91 Å². The minimum atomic E-state index is -0.314. The molecule has 160 valence electrons. The molecule has 4 rings (SSSR count). The highest BCUT2D eigenvalue weighted by Gasteiger charge is 2.27. The van der Waals surface area contributed by atoms with Gasteiger partial charge in [0.05, 0.1) is 18.7 Å². The largest absolute Gasteiger partial charge is 0.462 e. The molecule has 1 N–H and O–H groups in total. The maximum absolute atomic E-state index is 13.0. The molecule has 1 aliphatic heterocycles. The van der Waals surface area contributed by atoms with Crippen LogP contribution >= 0.6 is 11.3 Å². The summed E-state index contributed by atoms with van der Waals surface area (Å²) in [6.45, 7) is 5.41. The Labute approximate surface area is 182 Å². The van der Waals surface area contributed by atoms with Gasteiger partial charge in [0, 0.05) is 17.1 Å². The Balaban J connectivity index is 1.54. The number of fused-ring (bicyclic) bond motifs is 2. The highest BCUT2D eigenvalue weighted by atomic mass is 32.1. The number of anilines is 2. The van der Waals surface area contributed by atoms with Crippen molar-refractivity contribution in [1.82, 2.24) is 0 Å². The third kappa shape index (κ3) is 4.38. The van der Waals surface area contributed by atoms with Gasteiger partial charge in [-0.3, -0.25) is 4.79 Å². The molecular weight excluding hydrogens is 396 g/mol. The zero-order valence-electron chi connectivity index (χ0n) is 17.9. The van der Waals surface area contributed by atoms with Crippen LogP contribution in [-0.2, 0) is 28.8 Å². The molecule has 1 aliphatic carbocycles. The summed E-state index contributed by atoms with van der Waals surface area (Å²) in [5.41, 5.74) is 5.38. The van der Waals surface area contributed by atoms with Crippen LogP contribution in [-0.4, -0.2) is 31.6 Å². The SMILES string of the molecule is CCOC(=O)c1c(NC(=O)CN2CCCc3cc(C)ccc32)sc2c1CCCCC2. The van der Waals surface area contributed by atoms with Gasteiger partial charge in [-0.25, -0.2) is 4.79 Å². The number of benzene rings is 1. The van der Waals surface area contributed by atoms with Gasteiger partial charge in [-0.05, 0) is 69.6 Å². The number of nitrogens with zero attached hydrogens (tertiary/aromatic N) is 1. The van der Waals surface area contributed by atoms with Crippen LogP contribution in [0.1, 0.15) is 64.5 Å². The Morgan fingerprint density at radius 1 is 1.13 bits per heavy atom. The second-order valence-electron chi connectivity index (χ2n) is 8.19. The predicted molar refractivity (Wildman–Crippen MR) is 122 cm³/mol. The number of amides is 1. The first-order valence-corrected chi connectivity index (χ1v) is 11.8. The summed E-state index contributed by atoms with van der Waals surface area (Å²) in [4.78, 5) is 29.0. The number of carbonyl (C=O) groups excluding carboxylic acids is 2. The topological polar surface area (TPSA) is 58.6 Å². The molecule has 30 heavy (non-hydrogen) atoms. The van der Waals surface area contributed by atoms with E-state index >= 15 is 0 Å². The van der Waals surface area contributed by atoms with E-state index in [2.05, 4.69) is 35.3 Å². The molecular formula is C24H30N2O3S. The van der Waals surface area contributed by atoms with Gasteiger partial charge < -0.3 is 15.0 Å². The van der Waals surface area contributed by atoms with Gasteiger partial charge in [0.25, 0.3) is 0 Å². The van der Waals surface area contributed by atoms with Gasteiger partial charge in [-0.2, -0.15) is 0 Å². The first-order chi connectivity index (χ1) is 14.6. The Kier molecular flexibility index (Phi) is 6.42. The fourth-order valence-electron chi connectivity index (χ4n) is 4.56. The zero-order chi connectivity index (χ0) is 21.1. The van der Waals surface area contributed by atoms with Crippen LogP contribution in [0.3, 0.4) is 0 Å². The number of esters is 1. The number of hydrogen-bond donors (Lipinski definition) is 1. The molecule has 0 bridgehead atoms. The summed E-state index contributed by atoms with van der Waals surface area (Å²) in [6, 6.07) is 6.44. The lowest BCUT2D eigenvalue weighted by atomic mass is 9.99. The minimum absolute atomic E-state index is 0.0783. The standard InChI is InChI=1S/C24H30N2O3S/c1-3-29-24(28)22-18-9-5-4-6-10-20(18)30-23(22)25-21(27)15-26-13-7-8-17-14-16(2)11-12-19(17)26/h11-12,14H,3-10,13,15H2,1-2H3,(H,25,27). The molecule has 0 saturated carbocycles. The smallest absolute Gasteiger partial charge is 0.341 e. The summed E-state index contributed by atoms with van der Waals surface area (Å²) in [5.74, 6) is -0.392. The Morgan fingerprint density at radius 3 is 2.80 bits per heavy atom. The number of thiophene rings is 1. The molecule has 2 aliphatic rings. The molecule has 0 spiro atoms. The van der Waals surface area contributed by atoms with E-state index in [0.29, 0.717) is 23.7 Å². The maximum Gasteiger partial charge on any atom is 0.341 e. The van der Waals surface area contributed by atoms with E-state index < -0.39 is 0 Å². The number of aryl methyl sites for hydroxylation is 3. The molecule has 0 fully saturated rings. The van der Waals surface area contributed by atoms with Gasteiger partial charge in [-0.1, -0.05) is 24.1 Å². The second-order valence-corrected chi connectivity index (χ2v) is 9.30. The Morgan fingerprint density at radius 2 is 1.97 bits per heavy atom. The molecule has 1 aromatic heterocycles. The summed E-state index contributed by atoms with van der Waals surface area (Å²) < 4.78 is 5.33. The monoisotopic (exact) mass is 426 g/mol. The van der Waals surface area contributed by atoms with E-state index in [0.717, 1.165) is 56.3 Å². The molecule has 2 heterocycles. The van der Waals surface area contributed by atoms with Crippen LogP contribution in [0.4, 0.5) is 10.7 Å². The van der Waals surface area contributed by atoms with E-state index in [9.17, 15) is 9.59 Å². The van der Waals surface area contributed by atoms with Gasteiger partial charge in [0.1, 0.15) is 5.00 Å². The van der Waals surface area contributed by atoms with Crippen molar-refractivity contribution in [2.45, 2.75) is 58.8 Å². The highest BCUT2D eigenvalue weighted by Crippen LogP contribution is 2.38. The lowest BCUT2D eigenvalue weighted by Gasteiger charge is -2.31. The molecule has 0 unspecified atom stereocenters. The van der Waals surface area contributed by atoms with Crippen molar-refractivity contribution >= 4 is 33.9 Å². The molecule has 2 aromatic rings. The van der Waals surface area contributed by atoms with Gasteiger partial charge >= 0.3 is 5.97 Å². The van der Waals surface area contributed by atoms with E-state index in [4.69, 9.17) is 4.74 Å². The average molecular weight is 427 g/mol. The van der Waals surface area contributed by atoms with E-state index in [-0.39, 0.29) is 11.9 Å². The lowest BCUT2D eigenvalue weighted by Crippen LogP contribution is -2.36. The fraction of sp³-hybridized carbons (Fsp3) is 0.500. The predicted octanol–water partition coefficient (Wildman–Crippen LogP) is 4.89. The number of carbonyl (C=O) groups is 2. The summed E-state index contributed by atoms with van der Waals surface area (Å²) >= 11 is 1.56. The van der Waals surface area contributed by atoms with Crippen molar-refractivity contribution in [3.05, 3.63) is 45.3 Å². The molecule has 6 heteroatoms. The molecule has 0 atom stereocenters. The highest BCUT2D eigenvalue weighted by molar-refractivity contribution is 7.17. The zero-order valence-corrected chi connectivity index (χ0v) is 18.7. The normalized spacial score (nSPS) is 15.7. The summed E-state index contributed by atoms with van der Waals surface area (Å²) in [7, 11) is 0. The molecule has 5 nitrogen and oxygen atoms in total. The molecule has 0 saturated heterocycles. The lowest BCUT2D eigenvalue weighted by molar-refractivity contribution is -0.115. The first-order valence-electron chi connectivity index (χ1n) is 11.0. The number of ether oxygens (including phenoxy) is 1. The van der Waals surface area contributed by atoms with E-state index in [1.165, 1.54) is 22.4 Å². The third-order valence-corrected chi connectivity index (χ3v) is 7.15. The van der Waals surface area contributed by atoms with Crippen LogP contribution in [0.15, 0.2) is 18.2 Å². The van der Waals surface area contributed by atoms with Crippen molar-refractivity contribution in [2.24, 2.45) is 0 Å². The number of rotatable bonds is 5. The molecule has 0 radical (unpaired) electrons. The van der Waals surface area contributed by atoms with E-state index in [1.54, 1.807) is 11.3 Å². The van der Waals surface area contributed by atoms with Crippen molar-refractivity contribution in [3.8, 4) is 0 Å². The molecule has 1 amide bonds. The van der Waals surface area contributed by atoms with Crippen molar-refractivity contribution in [3.63, 3.8) is 0 Å². The quantitative estimate of drug-likeness (QED) is 0.546. The number of hydrogen-bond acceptors (Lipinski definition) is 5. The van der Waals surface area contributed by atoms with Crippen LogP contribution in [0, 0.1) is 6.92 Å². The van der Waals surface area contributed by atoms with Crippen molar-refractivity contribution in [2.75, 3.05) is 29.9 Å². The summed E-state index contributed by atoms with van der Waals surface area (Å²) in [5, 5.41) is 3.71. The molecule has 1 aromatic carbocycles. The van der Waals surface area contributed by atoms with Crippen LogP contribution < -0.4 is 10.2 Å². The van der Waals surface area contributed by atoms with E-state index in [1.807, 2.05) is 6.92 Å². The average Bonchev–Trinajstić information content (AvgIpc) is 2.88. The van der Waals surface area contributed by atoms with Crippen LogP contribution in [0.25, 0.3) is 0 Å². The van der Waals surface area contributed by atoms with Crippen molar-refractivity contribution in [1.29, 1.82) is 0 Å². The third-order valence-electron chi connectivity index (χ3n) is 5.94. The van der Waals surface area contributed by atoms with Crippen molar-refractivity contribution < 1.29 is 14.3 Å². The Bertz CT molecular complexity index is 950. The summed E-state index contributed by atoms with van der Waals surface area (Å²) in [6.07, 6.45) is 7.35.